The van der Waals surface area contributed by atoms with Gasteiger partial charge >= 0.3 is 6.18 Å². The lowest BCUT2D eigenvalue weighted by atomic mass is 10.1. The Labute approximate surface area is 149 Å². The predicted octanol–water partition coefficient (Wildman–Crippen LogP) is 2.67. The molecule has 0 aliphatic heterocycles. The summed E-state index contributed by atoms with van der Waals surface area (Å²) in [5.41, 5.74) is 6.95. The van der Waals surface area contributed by atoms with Gasteiger partial charge in [-0.3, -0.25) is 4.79 Å². The number of carbonyl (C=O) groups is 1. The van der Waals surface area contributed by atoms with E-state index in [9.17, 15) is 18.0 Å². The standard InChI is InChI=1S/C18H20F3N3O2/c19-18(20,21)13-26-16-7-6-15(12-23-16)17(25)24(11-9-22)10-8-14-4-2-1-3-5-14/h1-7,12H,8-11,13,22H2. The number of hydrogen-bond donors (Lipinski definition) is 1. The van der Waals surface area contributed by atoms with Gasteiger partial charge in [-0.15, -0.1) is 0 Å². The second-order valence-corrected chi connectivity index (χ2v) is 5.61. The number of benzene rings is 1. The minimum Gasteiger partial charge on any atom is -0.468 e. The van der Waals surface area contributed by atoms with Crippen molar-refractivity contribution in [3.8, 4) is 5.88 Å². The number of aromatic nitrogens is 1. The lowest BCUT2D eigenvalue weighted by Crippen LogP contribution is -2.37. The van der Waals surface area contributed by atoms with E-state index < -0.39 is 12.8 Å². The highest BCUT2D eigenvalue weighted by Crippen LogP contribution is 2.17. The predicted molar refractivity (Wildman–Crippen MR) is 90.9 cm³/mol. The van der Waals surface area contributed by atoms with Crippen molar-refractivity contribution >= 4 is 5.91 Å². The molecule has 1 heterocycles. The number of rotatable bonds is 8. The molecule has 8 heteroatoms. The molecule has 2 rings (SSSR count). The van der Waals surface area contributed by atoms with Crippen molar-refractivity contribution in [1.29, 1.82) is 0 Å². The maximum absolute atomic E-state index is 12.6. The highest BCUT2D eigenvalue weighted by atomic mass is 19.4. The fourth-order valence-electron chi connectivity index (χ4n) is 2.31. The Hall–Kier alpha value is -2.61. The Morgan fingerprint density at radius 3 is 2.42 bits per heavy atom. The number of nitrogens with zero attached hydrogens (tertiary/aromatic N) is 2. The van der Waals surface area contributed by atoms with Crippen LogP contribution in [-0.2, 0) is 6.42 Å². The molecule has 0 radical (unpaired) electrons. The largest absolute Gasteiger partial charge is 0.468 e. The third-order valence-corrected chi connectivity index (χ3v) is 3.57. The fourth-order valence-corrected chi connectivity index (χ4v) is 2.31. The Bertz CT molecular complexity index is 691. The molecule has 0 spiro atoms. The molecule has 5 nitrogen and oxygen atoms in total. The van der Waals surface area contributed by atoms with E-state index in [2.05, 4.69) is 9.72 Å². The summed E-state index contributed by atoms with van der Waals surface area (Å²) in [6, 6.07) is 12.4. The average Bonchev–Trinajstić information content (AvgIpc) is 2.63. The van der Waals surface area contributed by atoms with Crippen molar-refractivity contribution in [2.24, 2.45) is 5.73 Å². The van der Waals surface area contributed by atoms with E-state index in [4.69, 9.17) is 5.73 Å². The van der Waals surface area contributed by atoms with Crippen LogP contribution in [0.15, 0.2) is 48.7 Å². The van der Waals surface area contributed by atoms with Gasteiger partial charge in [0.05, 0.1) is 5.56 Å². The molecule has 26 heavy (non-hydrogen) atoms. The maximum atomic E-state index is 12.6. The van der Waals surface area contributed by atoms with Gasteiger partial charge in [-0.2, -0.15) is 13.2 Å². The van der Waals surface area contributed by atoms with Gasteiger partial charge in [-0.05, 0) is 18.1 Å². The summed E-state index contributed by atoms with van der Waals surface area (Å²) in [6.45, 7) is -0.269. The van der Waals surface area contributed by atoms with Crippen molar-refractivity contribution < 1.29 is 22.7 Å². The molecule has 2 aromatic rings. The lowest BCUT2D eigenvalue weighted by molar-refractivity contribution is -0.154. The van der Waals surface area contributed by atoms with Crippen LogP contribution >= 0.6 is 0 Å². The van der Waals surface area contributed by atoms with Gasteiger partial charge < -0.3 is 15.4 Å². The van der Waals surface area contributed by atoms with E-state index in [1.165, 1.54) is 18.3 Å². The zero-order chi connectivity index (χ0) is 19.0. The Morgan fingerprint density at radius 2 is 1.85 bits per heavy atom. The summed E-state index contributed by atoms with van der Waals surface area (Å²) >= 11 is 0. The van der Waals surface area contributed by atoms with E-state index in [1.807, 2.05) is 30.3 Å². The number of pyridine rings is 1. The molecule has 0 aliphatic rings. The first-order valence-corrected chi connectivity index (χ1v) is 8.08. The smallest absolute Gasteiger partial charge is 0.422 e. The zero-order valence-corrected chi connectivity index (χ0v) is 14.1. The van der Waals surface area contributed by atoms with Gasteiger partial charge in [0, 0.05) is 31.9 Å². The molecule has 140 valence electrons. The number of ether oxygens (including phenoxy) is 1. The molecule has 0 fully saturated rings. The van der Waals surface area contributed by atoms with Gasteiger partial charge in [0.25, 0.3) is 5.91 Å². The average molecular weight is 367 g/mol. The molecule has 0 atom stereocenters. The number of carbonyl (C=O) groups excluding carboxylic acids is 1. The van der Waals surface area contributed by atoms with E-state index in [0.29, 0.717) is 26.1 Å². The van der Waals surface area contributed by atoms with E-state index in [1.54, 1.807) is 4.90 Å². The van der Waals surface area contributed by atoms with E-state index in [0.717, 1.165) is 5.56 Å². The number of halogens is 3. The normalized spacial score (nSPS) is 11.2. The highest BCUT2D eigenvalue weighted by molar-refractivity contribution is 5.94. The summed E-state index contributed by atoms with van der Waals surface area (Å²) in [5, 5.41) is 0. The van der Waals surface area contributed by atoms with Crippen LogP contribution in [0.3, 0.4) is 0 Å². The summed E-state index contributed by atoms with van der Waals surface area (Å²) in [7, 11) is 0. The Morgan fingerprint density at radius 1 is 1.12 bits per heavy atom. The molecule has 1 amide bonds. The Kier molecular flexibility index (Phi) is 6.97. The minimum atomic E-state index is -4.44. The Balaban J connectivity index is 1.98. The van der Waals surface area contributed by atoms with Crippen molar-refractivity contribution in [2.75, 3.05) is 26.2 Å². The first-order chi connectivity index (χ1) is 12.4. The fraction of sp³-hybridized carbons (Fsp3) is 0.333. The second-order valence-electron chi connectivity index (χ2n) is 5.61. The van der Waals surface area contributed by atoms with Crippen molar-refractivity contribution in [2.45, 2.75) is 12.6 Å². The molecular weight excluding hydrogens is 347 g/mol. The molecular formula is C18H20F3N3O2. The van der Waals surface area contributed by atoms with Crippen LogP contribution in [0.25, 0.3) is 0 Å². The third kappa shape index (κ3) is 6.36. The number of hydrogen-bond acceptors (Lipinski definition) is 4. The lowest BCUT2D eigenvalue weighted by Gasteiger charge is -2.22. The van der Waals surface area contributed by atoms with Crippen LogP contribution in [-0.4, -0.2) is 48.2 Å². The summed E-state index contributed by atoms with van der Waals surface area (Å²) in [5.74, 6) is -0.463. The molecule has 0 saturated heterocycles. The van der Waals surface area contributed by atoms with Crippen LogP contribution in [0.2, 0.25) is 0 Å². The number of alkyl halides is 3. The van der Waals surface area contributed by atoms with Crippen LogP contribution in [0.5, 0.6) is 5.88 Å². The monoisotopic (exact) mass is 367 g/mol. The maximum Gasteiger partial charge on any atom is 0.422 e. The molecule has 0 bridgehead atoms. The molecule has 0 aliphatic carbocycles. The van der Waals surface area contributed by atoms with Crippen LogP contribution < -0.4 is 10.5 Å². The zero-order valence-electron chi connectivity index (χ0n) is 14.1. The van der Waals surface area contributed by atoms with Gasteiger partial charge in [0.1, 0.15) is 0 Å². The highest BCUT2D eigenvalue weighted by Gasteiger charge is 2.28. The van der Waals surface area contributed by atoms with Crippen molar-refractivity contribution in [1.82, 2.24) is 9.88 Å². The summed E-state index contributed by atoms with van der Waals surface area (Å²) in [6.07, 6.45) is -2.56. The third-order valence-electron chi connectivity index (χ3n) is 3.57. The second kappa shape index (κ2) is 9.19. The van der Waals surface area contributed by atoms with Crippen LogP contribution in [0, 0.1) is 0 Å². The first-order valence-electron chi connectivity index (χ1n) is 8.08. The van der Waals surface area contributed by atoms with E-state index in [-0.39, 0.29) is 17.4 Å². The number of amides is 1. The van der Waals surface area contributed by atoms with E-state index >= 15 is 0 Å². The molecule has 0 unspecified atom stereocenters. The van der Waals surface area contributed by atoms with Crippen LogP contribution in [0.1, 0.15) is 15.9 Å². The molecule has 2 N–H and O–H groups in total. The van der Waals surface area contributed by atoms with Crippen molar-refractivity contribution in [3.05, 3.63) is 59.8 Å². The van der Waals surface area contributed by atoms with Crippen LogP contribution in [0.4, 0.5) is 13.2 Å². The van der Waals surface area contributed by atoms with Crippen molar-refractivity contribution in [3.63, 3.8) is 0 Å². The summed E-state index contributed by atoms with van der Waals surface area (Å²) in [4.78, 5) is 18.0. The topological polar surface area (TPSA) is 68.5 Å². The van der Waals surface area contributed by atoms with Gasteiger partial charge in [0.2, 0.25) is 5.88 Å². The summed E-state index contributed by atoms with van der Waals surface area (Å²) < 4.78 is 41.0. The SMILES string of the molecule is NCCN(CCc1ccccc1)C(=O)c1ccc(OCC(F)(F)F)nc1. The quantitative estimate of drug-likeness (QED) is 0.779. The molecule has 1 aromatic carbocycles. The minimum absolute atomic E-state index is 0.187. The van der Waals surface area contributed by atoms with Gasteiger partial charge in [-0.25, -0.2) is 4.98 Å². The van der Waals surface area contributed by atoms with Gasteiger partial charge in [-0.1, -0.05) is 30.3 Å². The first kappa shape index (κ1) is 19.7. The molecule has 1 aromatic heterocycles. The molecule has 0 saturated carbocycles. The number of nitrogens with two attached hydrogens (primary N) is 1. The van der Waals surface area contributed by atoms with Gasteiger partial charge in [0.15, 0.2) is 6.61 Å².